The molecule has 2 atom stereocenters. The van der Waals surface area contributed by atoms with Crippen LogP contribution in [0.1, 0.15) is 24.3 Å². The van der Waals surface area contributed by atoms with Crippen molar-refractivity contribution in [2.45, 2.75) is 25.9 Å². The first-order valence-corrected chi connectivity index (χ1v) is 6.54. The fourth-order valence-corrected chi connectivity index (χ4v) is 2.35. The zero-order valence-electron chi connectivity index (χ0n) is 12.0. The fraction of sp³-hybridized carbons (Fsp3) is 0.571. The van der Waals surface area contributed by atoms with Crippen molar-refractivity contribution in [1.29, 1.82) is 0 Å². The molecule has 2 unspecified atom stereocenters. The SMILES string of the molecule is CC1COCC(C)N1C(=O)c1cc(N(C)C)ccn1. The molecule has 0 spiro atoms. The Hall–Kier alpha value is -1.62. The molecule has 0 bridgehead atoms. The van der Waals surface area contributed by atoms with Crippen molar-refractivity contribution in [1.82, 2.24) is 9.88 Å². The zero-order valence-corrected chi connectivity index (χ0v) is 12.0. The summed E-state index contributed by atoms with van der Waals surface area (Å²) in [6, 6.07) is 3.89. The van der Waals surface area contributed by atoms with E-state index in [0.717, 1.165) is 5.69 Å². The van der Waals surface area contributed by atoms with E-state index in [2.05, 4.69) is 4.98 Å². The molecule has 1 aliphatic heterocycles. The minimum absolute atomic E-state index is 0.0213. The van der Waals surface area contributed by atoms with Crippen LogP contribution < -0.4 is 4.90 Å². The average Bonchev–Trinajstić information content (AvgIpc) is 2.38. The smallest absolute Gasteiger partial charge is 0.273 e. The summed E-state index contributed by atoms with van der Waals surface area (Å²) in [5, 5.41) is 0. The van der Waals surface area contributed by atoms with E-state index < -0.39 is 0 Å². The molecule has 0 N–H and O–H groups in total. The van der Waals surface area contributed by atoms with Gasteiger partial charge in [-0.3, -0.25) is 9.78 Å². The number of amides is 1. The van der Waals surface area contributed by atoms with Gasteiger partial charge in [0.25, 0.3) is 5.91 Å². The fourth-order valence-electron chi connectivity index (χ4n) is 2.35. The molecular formula is C14H21N3O2. The lowest BCUT2D eigenvalue weighted by molar-refractivity contribution is -0.0252. The maximum atomic E-state index is 12.6. The Morgan fingerprint density at radius 3 is 2.58 bits per heavy atom. The van der Waals surface area contributed by atoms with Crippen LogP contribution in [0.3, 0.4) is 0 Å². The number of rotatable bonds is 2. The highest BCUT2D eigenvalue weighted by Gasteiger charge is 2.31. The van der Waals surface area contributed by atoms with E-state index in [1.165, 1.54) is 0 Å². The van der Waals surface area contributed by atoms with Crippen molar-refractivity contribution in [2.75, 3.05) is 32.2 Å². The highest BCUT2D eigenvalue weighted by Crippen LogP contribution is 2.18. The van der Waals surface area contributed by atoms with Crippen LogP contribution in [-0.4, -0.2) is 55.2 Å². The first kappa shape index (κ1) is 13.8. The van der Waals surface area contributed by atoms with Crippen LogP contribution in [0.4, 0.5) is 5.69 Å². The van der Waals surface area contributed by atoms with Crippen LogP contribution in [0.25, 0.3) is 0 Å². The van der Waals surface area contributed by atoms with Gasteiger partial charge in [0.1, 0.15) is 5.69 Å². The van der Waals surface area contributed by atoms with Gasteiger partial charge in [0, 0.05) is 26.0 Å². The van der Waals surface area contributed by atoms with Gasteiger partial charge in [0.05, 0.1) is 25.3 Å². The van der Waals surface area contributed by atoms with Crippen LogP contribution in [0.15, 0.2) is 18.3 Å². The van der Waals surface area contributed by atoms with Crippen molar-refractivity contribution in [3.05, 3.63) is 24.0 Å². The Labute approximate surface area is 114 Å². The number of anilines is 1. The Bertz CT molecular complexity index is 452. The van der Waals surface area contributed by atoms with Gasteiger partial charge < -0.3 is 14.5 Å². The number of carbonyl (C=O) groups excluding carboxylic acids is 1. The molecule has 1 fully saturated rings. The third-order valence-corrected chi connectivity index (χ3v) is 3.38. The molecule has 0 aliphatic carbocycles. The summed E-state index contributed by atoms with van der Waals surface area (Å²) >= 11 is 0. The van der Waals surface area contributed by atoms with E-state index in [4.69, 9.17) is 4.74 Å². The molecule has 1 aromatic heterocycles. The zero-order chi connectivity index (χ0) is 14.0. The van der Waals surface area contributed by atoms with Crippen LogP contribution in [0, 0.1) is 0 Å². The molecule has 5 heteroatoms. The van der Waals surface area contributed by atoms with E-state index in [1.54, 1.807) is 6.20 Å². The predicted octanol–water partition coefficient (Wildman–Crippen LogP) is 1.40. The van der Waals surface area contributed by atoms with Gasteiger partial charge in [-0.15, -0.1) is 0 Å². The normalized spacial score (nSPS) is 23.3. The number of hydrogen-bond donors (Lipinski definition) is 0. The molecule has 0 radical (unpaired) electrons. The summed E-state index contributed by atoms with van der Waals surface area (Å²) in [5.41, 5.74) is 1.47. The molecule has 1 amide bonds. The maximum Gasteiger partial charge on any atom is 0.273 e. The van der Waals surface area contributed by atoms with Crippen molar-refractivity contribution in [2.24, 2.45) is 0 Å². The molecular weight excluding hydrogens is 242 g/mol. The first-order chi connectivity index (χ1) is 9.00. The van der Waals surface area contributed by atoms with Crippen molar-refractivity contribution in [3.63, 3.8) is 0 Å². The molecule has 104 valence electrons. The summed E-state index contributed by atoms with van der Waals surface area (Å²) < 4.78 is 5.45. The average molecular weight is 263 g/mol. The molecule has 0 saturated carbocycles. The van der Waals surface area contributed by atoms with E-state index in [-0.39, 0.29) is 18.0 Å². The minimum atomic E-state index is -0.0213. The highest BCUT2D eigenvalue weighted by molar-refractivity contribution is 5.93. The van der Waals surface area contributed by atoms with Crippen molar-refractivity contribution < 1.29 is 9.53 Å². The predicted molar refractivity (Wildman–Crippen MR) is 74.5 cm³/mol. The van der Waals surface area contributed by atoms with E-state index in [0.29, 0.717) is 18.9 Å². The van der Waals surface area contributed by atoms with Crippen LogP contribution in [0.2, 0.25) is 0 Å². The number of morpholine rings is 1. The lowest BCUT2D eigenvalue weighted by Gasteiger charge is -2.38. The quantitative estimate of drug-likeness (QED) is 0.809. The minimum Gasteiger partial charge on any atom is -0.378 e. The molecule has 0 aromatic carbocycles. The molecule has 5 nitrogen and oxygen atoms in total. The van der Waals surface area contributed by atoms with Gasteiger partial charge in [-0.25, -0.2) is 0 Å². The second-order valence-electron chi connectivity index (χ2n) is 5.24. The van der Waals surface area contributed by atoms with Crippen molar-refractivity contribution in [3.8, 4) is 0 Å². The Balaban J connectivity index is 2.25. The van der Waals surface area contributed by atoms with Gasteiger partial charge in [-0.2, -0.15) is 0 Å². The highest BCUT2D eigenvalue weighted by atomic mass is 16.5. The third kappa shape index (κ3) is 2.87. The summed E-state index contributed by atoms with van der Waals surface area (Å²) in [5.74, 6) is -0.0213. The summed E-state index contributed by atoms with van der Waals surface area (Å²) in [6.45, 7) is 5.18. The number of nitrogens with zero attached hydrogens (tertiary/aromatic N) is 3. The third-order valence-electron chi connectivity index (χ3n) is 3.38. The van der Waals surface area contributed by atoms with Crippen LogP contribution in [0.5, 0.6) is 0 Å². The Morgan fingerprint density at radius 1 is 1.37 bits per heavy atom. The molecule has 1 aliphatic rings. The van der Waals surface area contributed by atoms with E-state index in [1.807, 2.05) is 49.9 Å². The molecule has 1 saturated heterocycles. The van der Waals surface area contributed by atoms with Crippen LogP contribution in [-0.2, 0) is 4.74 Å². The number of carbonyl (C=O) groups is 1. The lowest BCUT2D eigenvalue weighted by atomic mass is 10.1. The monoisotopic (exact) mass is 263 g/mol. The lowest BCUT2D eigenvalue weighted by Crippen LogP contribution is -2.52. The van der Waals surface area contributed by atoms with Gasteiger partial charge >= 0.3 is 0 Å². The maximum absolute atomic E-state index is 12.6. The summed E-state index contributed by atoms with van der Waals surface area (Å²) in [7, 11) is 3.90. The summed E-state index contributed by atoms with van der Waals surface area (Å²) in [6.07, 6.45) is 1.68. The van der Waals surface area contributed by atoms with Gasteiger partial charge in [0.15, 0.2) is 0 Å². The summed E-state index contributed by atoms with van der Waals surface area (Å²) in [4.78, 5) is 20.6. The number of pyridine rings is 1. The number of hydrogen-bond acceptors (Lipinski definition) is 4. The van der Waals surface area contributed by atoms with Gasteiger partial charge in [0.2, 0.25) is 0 Å². The molecule has 2 heterocycles. The van der Waals surface area contributed by atoms with E-state index in [9.17, 15) is 4.79 Å². The van der Waals surface area contributed by atoms with E-state index >= 15 is 0 Å². The molecule has 19 heavy (non-hydrogen) atoms. The topological polar surface area (TPSA) is 45.7 Å². The molecule has 1 aromatic rings. The van der Waals surface area contributed by atoms with Gasteiger partial charge in [-0.1, -0.05) is 0 Å². The first-order valence-electron chi connectivity index (χ1n) is 6.54. The second-order valence-corrected chi connectivity index (χ2v) is 5.24. The Morgan fingerprint density at radius 2 is 2.00 bits per heavy atom. The van der Waals surface area contributed by atoms with Crippen molar-refractivity contribution >= 4 is 11.6 Å². The number of aromatic nitrogens is 1. The standard InChI is InChI=1S/C14H21N3O2/c1-10-8-19-9-11(2)17(10)14(18)13-7-12(16(3)4)5-6-15-13/h5-7,10-11H,8-9H2,1-4H3. The largest absolute Gasteiger partial charge is 0.378 e. The van der Waals surface area contributed by atoms with Gasteiger partial charge in [-0.05, 0) is 26.0 Å². The molecule has 2 rings (SSSR count). The number of ether oxygens (including phenoxy) is 1. The second kappa shape index (κ2) is 5.57. The van der Waals surface area contributed by atoms with Crippen LogP contribution >= 0.6 is 0 Å². The Kier molecular flexibility index (Phi) is 4.04.